The lowest BCUT2D eigenvalue weighted by atomic mass is 9.83. The van der Waals surface area contributed by atoms with Gasteiger partial charge in [0.15, 0.2) is 0 Å². The van der Waals surface area contributed by atoms with Gasteiger partial charge in [0, 0.05) is 45.0 Å². The van der Waals surface area contributed by atoms with Gasteiger partial charge in [0.2, 0.25) is 5.91 Å². The summed E-state index contributed by atoms with van der Waals surface area (Å²) >= 11 is 0. The molecule has 1 amide bonds. The first kappa shape index (κ1) is 24.1. The summed E-state index contributed by atoms with van der Waals surface area (Å²) < 4.78 is 0. The van der Waals surface area contributed by atoms with Crippen LogP contribution in [0.25, 0.3) is 10.8 Å². The molecule has 5 heteroatoms. The van der Waals surface area contributed by atoms with E-state index in [4.69, 9.17) is 0 Å². The van der Waals surface area contributed by atoms with Crippen LogP contribution in [0.2, 0.25) is 0 Å². The first-order chi connectivity index (χ1) is 16.6. The van der Waals surface area contributed by atoms with Crippen molar-refractivity contribution in [2.24, 2.45) is 5.41 Å². The average molecular weight is 458 g/mol. The van der Waals surface area contributed by atoms with Gasteiger partial charge in [-0.3, -0.25) is 14.6 Å². The number of carbonyl (C=O) groups excluding carboxylic acids is 2. The van der Waals surface area contributed by atoms with E-state index in [0.717, 1.165) is 51.2 Å². The highest BCUT2D eigenvalue weighted by Gasteiger charge is 2.34. The lowest BCUT2D eigenvalue weighted by Crippen LogP contribution is -2.45. The number of amides is 1. The Hall–Kier alpha value is -3.02. The second-order valence-corrected chi connectivity index (χ2v) is 9.33. The number of fused-ring (bicyclic) bond motifs is 1. The molecule has 0 spiro atoms. The van der Waals surface area contributed by atoms with Gasteiger partial charge in [0.05, 0.1) is 0 Å². The number of aldehydes is 1. The Morgan fingerprint density at radius 3 is 2.24 bits per heavy atom. The molecule has 3 aromatic carbocycles. The topological polar surface area (TPSA) is 52.7 Å². The third-order valence-electron chi connectivity index (χ3n) is 7.27. The quantitative estimate of drug-likeness (QED) is 0.359. The van der Waals surface area contributed by atoms with Crippen molar-refractivity contribution in [1.82, 2.24) is 9.80 Å². The van der Waals surface area contributed by atoms with Gasteiger partial charge in [-0.15, -0.1) is 0 Å². The number of hydrogen-bond donors (Lipinski definition) is 1. The summed E-state index contributed by atoms with van der Waals surface area (Å²) in [5, 5.41) is 5.61. The molecule has 5 nitrogen and oxygen atoms in total. The van der Waals surface area contributed by atoms with Gasteiger partial charge in [-0.1, -0.05) is 68.4 Å². The van der Waals surface area contributed by atoms with Crippen LogP contribution in [0.15, 0.2) is 66.7 Å². The molecule has 0 unspecified atom stereocenters. The third-order valence-corrected chi connectivity index (χ3v) is 7.27. The van der Waals surface area contributed by atoms with Crippen LogP contribution in [0.5, 0.6) is 0 Å². The molecule has 1 aliphatic heterocycles. The van der Waals surface area contributed by atoms with E-state index in [9.17, 15) is 9.59 Å². The monoisotopic (exact) mass is 457 g/mol. The van der Waals surface area contributed by atoms with Crippen LogP contribution < -0.4 is 5.32 Å². The Morgan fingerprint density at radius 1 is 0.882 bits per heavy atom. The van der Waals surface area contributed by atoms with Crippen molar-refractivity contribution in [3.63, 3.8) is 0 Å². The minimum absolute atomic E-state index is 0.216. The van der Waals surface area contributed by atoms with E-state index in [1.165, 1.54) is 21.9 Å². The molecule has 3 aromatic rings. The fourth-order valence-electron chi connectivity index (χ4n) is 4.83. The highest BCUT2D eigenvalue weighted by atomic mass is 16.2. The predicted molar refractivity (Wildman–Crippen MR) is 139 cm³/mol. The predicted octanol–water partition coefficient (Wildman–Crippen LogP) is 5.10. The molecule has 0 aromatic heterocycles. The molecule has 1 heterocycles. The van der Waals surface area contributed by atoms with Crippen molar-refractivity contribution in [3.05, 3.63) is 77.9 Å². The minimum atomic E-state index is -0.948. The molecule has 34 heavy (non-hydrogen) atoms. The van der Waals surface area contributed by atoms with E-state index in [1.807, 2.05) is 32.0 Å². The van der Waals surface area contributed by atoms with Crippen LogP contribution in [-0.2, 0) is 22.7 Å². The van der Waals surface area contributed by atoms with Crippen molar-refractivity contribution in [1.29, 1.82) is 0 Å². The van der Waals surface area contributed by atoms with Crippen molar-refractivity contribution >= 4 is 28.7 Å². The summed E-state index contributed by atoms with van der Waals surface area (Å²) in [6.07, 6.45) is 1.80. The van der Waals surface area contributed by atoms with Crippen molar-refractivity contribution in [3.8, 4) is 0 Å². The van der Waals surface area contributed by atoms with Gasteiger partial charge in [-0.2, -0.15) is 0 Å². The van der Waals surface area contributed by atoms with Gasteiger partial charge < -0.3 is 10.1 Å². The number of hydrogen-bond acceptors (Lipinski definition) is 4. The Kier molecular flexibility index (Phi) is 7.76. The van der Waals surface area contributed by atoms with Crippen LogP contribution in [0.4, 0.5) is 5.69 Å². The number of rotatable bonds is 9. The second kappa shape index (κ2) is 10.9. The third kappa shape index (κ3) is 5.37. The smallest absolute Gasteiger partial charge is 0.237 e. The maximum atomic E-state index is 12.7. The summed E-state index contributed by atoms with van der Waals surface area (Å²) in [7, 11) is 0. The Balaban J connectivity index is 1.33. The molecule has 1 saturated heterocycles. The number of nitrogens with one attached hydrogen (secondary N) is 1. The largest absolute Gasteiger partial charge is 0.325 e. The summed E-state index contributed by atoms with van der Waals surface area (Å²) in [5.41, 5.74) is 2.37. The van der Waals surface area contributed by atoms with Gasteiger partial charge in [0.25, 0.3) is 0 Å². The Morgan fingerprint density at radius 2 is 1.53 bits per heavy atom. The fourth-order valence-corrected chi connectivity index (χ4v) is 4.83. The number of piperazine rings is 1. The maximum absolute atomic E-state index is 12.7. The van der Waals surface area contributed by atoms with Gasteiger partial charge in [0.1, 0.15) is 11.7 Å². The molecule has 1 N–H and O–H groups in total. The highest BCUT2D eigenvalue weighted by Crippen LogP contribution is 2.26. The molecule has 0 radical (unpaired) electrons. The van der Waals surface area contributed by atoms with E-state index in [0.29, 0.717) is 12.8 Å². The average Bonchev–Trinajstić information content (AvgIpc) is 2.87. The molecule has 0 aliphatic carbocycles. The summed E-state index contributed by atoms with van der Waals surface area (Å²) in [5.74, 6) is -0.216. The van der Waals surface area contributed by atoms with Crippen LogP contribution in [0, 0.1) is 5.41 Å². The molecule has 1 fully saturated rings. The van der Waals surface area contributed by atoms with E-state index >= 15 is 0 Å². The first-order valence-electron chi connectivity index (χ1n) is 12.3. The summed E-state index contributed by atoms with van der Waals surface area (Å²) in [6.45, 7) is 9.70. The van der Waals surface area contributed by atoms with Gasteiger partial charge in [-0.25, -0.2) is 0 Å². The zero-order valence-electron chi connectivity index (χ0n) is 20.3. The van der Waals surface area contributed by atoms with E-state index in [2.05, 4.69) is 63.6 Å². The highest BCUT2D eigenvalue weighted by molar-refractivity contribution is 6.04. The SMILES string of the molecule is CCC(C=O)(CC)C(=O)Nc1cccc(CN2CCN(Cc3cccc4ccccc34)CC2)c1. The molecule has 0 atom stereocenters. The molecule has 1 aliphatic rings. The van der Waals surface area contributed by atoms with Crippen molar-refractivity contribution < 1.29 is 9.59 Å². The lowest BCUT2D eigenvalue weighted by Gasteiger charge is -2.35. The fraction of sp³-hybridized carbons (Fsp3) is 0.379. The molecule has 0 bridgehead atoms. The van der Waals surface area contributed by atoms with Crippen molar-refractivity contribution in [2.75, 3.05) is 31.5 Å². The Labute approximate surface area is 202 Å². The van der Waals surface area contributed by atoms with Crippen LogP contribution in [-0.4, -0.2) is 48.2 Å². The lowest BCUT2D eigenvalue weighted by molar-refractivity contribution is -0.132. The van der Waals surface area contributed by atoms with Crippen LogP contribution in [0.3, 0.4) is 0 Å². The van der Waals surface area contributed by atoms with Gasteiger partial charge >= 0.3 is 0 Å². The number of carbonyl (C=O) groups is 2. The summed E-state index contributed by atoms with van der Waals surface area (Å²) in [6, 6.07) is 23.2. The van der Waals surface area contributed by atoms with Gasteiger partial charge in [-0.05, 0) is 46.9 Å². The first-order valence-corrected chi connectivity index (χ1v) is 12.3. The normalized spacial score (nSPS) is 15.4. The molecular formula is C29H35N3O2. The number of anilines is 1. The summed E-state index contributed by atoms with van der Waals surface area (Å²) in [4.78, 5) is 29.3. The minimum Gasteiger partial charge on any atom is -0.325 e. The molecule has 0 saturated carbocycles. The van der Waals surface area contributed by atoms with Crippen LogP contribution in [0.1, 0.15) is 37.8 Å². The van der Waals surface area contributed by atoms with Crippen molar-refractivity contribution in [2.45, 2.75) is 39.8 Å². The molecule has 178 valence electrons. The molecular weight excluding hydrogens is 422 g/mol. The maximum Gasteiger partial charge on any atom is 0.237 e. The number of nitrogens with zero attached hydrogens (tertiary/aromatic N) is 2. The van der Waals surface area contributed by atoms with E-state index in [1.54, 1.807) is 0 Å². The zero-order valence-corrected chi connectivity index (χ0v) is 20.3. The van der Waals surface area contributed by atoms with E-state index in [-0.39, 0.29) is 5.91 Å². The number of benzene rings is 3. The second-order valence-electron chi connectivity index (χ2n) is 9.33. The Bertz CT molecular complexity index is 1130. The molecule has 4 rings (SSSR count). The van der Waals surface area contributed by atoms with Crippen LogP contribution >= 0.6 is 0 Å². The van der Waals surface area contributed by atoms with E-state index < -0.39 is 5.41 Å². The zero-order chi connectivity index (χ0) is 24.0. The standard InChI is InChI=1S/C29H35N3O2/c1-3-29(4-2,22-33)28(34)30-26-13-7-9-23(19-26)20-31-15-17-32(18-16-31)21-25-12-8-11-24-10-5-6-14-27(24)25/h5-14,19,22H,3-4,15-18,20-21H2,1-2H3,(H,30,34).